The molecular weight excluding hydrogens is 499 g/mol. The largest absolute Gasteiger partial charge is 0.505 e. The topological polar surface area (TPSA) is 90.2 Å². The van der Waals surface area contributed by atoms with E-state index in [9.17, 15) is 24.8 Å². The number of phenolic OH excluding ortho intramolecular Hbond substituents is 1. The van der Waals surface area contributed by atoms with Gasteiger partial charge in [0.1, 0.15) is 0 Å². The van der Waals surface area contributed by atoms with Gasteiger partial charge >= 0.3 is 0 Å². The third-order valence-corrected chi connectivity index (χ3v) is 11.6. The van der Waals surface area contributed by atoms with Crippen molar-refractivity contribution in [3.05, 3.63) is 108 Å². The van der Waals surface area contributed by atoms with Crippen LogP contribution in [0.4, 0.5) is 4.39 Å². The molecular formula is C31H37FO5Si. The quantitative estimate of drug-likeness (QED) is 0.216. The van der Waals surface area contributed by atoms with Gasteiger partial charge in [0.25, 0.3) is 8.32 Å². The van der Waals surface area contributed by atoms with E-state index >= 15 is 0 Å². The molecule has 202 valence electrons. The number of aliphatic hydroxyl groups is 3. The van der Waals surface area contributed by atoms with Crippen LogP contribution < -0.4 is 10.4 Å². The molecule has 2 atom stereocenters. The van der Waals surface area contributed by atoms with E-state index < -0.39 is 38.7 Å². The summed E-state index contributed by atoms with van der Waals surface area (Å²) in [6, 6.07) is 24.1. The molecule has 0 saturated heterocycles. The van der Waals surface area contributed by atoms with Crippen LogP contribution in [0, 0.1) is 5.82 Å². The molecule has 0 aromatic heterocycles. The molecule has 0 aliphatic carbocycles. The van der Waals surface area contributed by atoms with Crippen LogP contribution in [-0.2, 0) is 4.43 Å². The number of phenols is 1. The van der Waals surface area contributed by atoms with Crippen LogP contribution in [0.5, 0.6) is 5.75 Å². The summed E-state index contributed by atoms with van der Waals surface area (Å²) in [5.74, 6) is -1.27. The lowest BCUT2D eigenvalue weighted by Crippen LogP contribution is -2.66. The molecule has 7 heteroatoms. The van der Waals surface area contributed by atoms with E-state index in [0.717, 1.165) is 16.4 Å². The van der Waals surface area contributed by atoms with Crippen LogP contribution >= 0.6 is 0 Å². The molecule has 3 aromatic carbocycles. The molecule has 0 spiro atoms. The molecule has 38 heavy (non-hydrogen) atoms. The highest BCUT2D eigenvalue weighted by molar-refractivity contribution is 6.99. The average Bonchev–Trinajstić information content (AvgIpc) is 2.90. The van der Waals surface area contributed by atoms with Gasteiger partial charge in [-0.2, -0.15) is 0 Å². The van der Waals surface area contributed by atoms with E-state index in [1.807, 2.05) is 36.4 Å². The number of rotatable bonds is 11. The van der Waals surface area contributed by atoms with Crippen LogP contribution in [0.1, 0.15) is 45.3 Å². The van der Waals surface area contributed by atoms with Gasteiger partial charge in [-0.3, -0.25) is 0 Å². The van der Waals surface area contributed by atoms with Gasteiger partial charge in [-0.15, -0.1) is 5.73 Å². The van der Waals surface area contributed by atoms with Crippen molar-refractivity contribution in [3.8, 4) is 5.75 Å². The summed E-state index contributed by atoms with van der Waals surface area (Å²) in [5, 5.41) is 41.6. The molecule has 3 rings (SSSR count). The van der Waals surface area contributed by atoms with Crippen molar-refractivity contribution < 1.29 is 29.2 Å². The number of aromatic hydroxyl groups is 1. The van der Waals surface area contributed by atoms with Gasteiger partial charge in [-0.1, -0.05) is 87.5 Å². The van der Waals surface area contributed by atoms with E-state index in [4.69, 9.17) is 4.43 Å². The Morgan fingerprint density at radius 1 is 0.974 bits per heavy atom. The summed E-state index contributed by atoms with van der Waals surface area (Å²) in [6.45, 7) is 6.29. The fourth-order valence-corrected chi connectivity index (χ4v) is 9.19. The van der Waals surface area contributed by atoms with Crippen molar-refractivity contribution in [2.75, 3.05) is 13.2 Å². The Kier molecular flexibility index (Phi) is 10.2. The molecule has 5 nitrogen and oxygen atoms in total. The lowest BCUT2D eigenvalue weighted by atomic mass is 10.1. The van der Waals surface area contributed by atoms with Gasteiger partial charge < -0.3 is 24.9 Å². The van der Waals surface area contributed by atoms with E-state index in [-0.39, 0.29) is 24.5 Å². The SMILES string of the molecule is CC(C)(C)[Si](OCC(=C=CC[C@@H](O)c1ccc(O)c(F)c1)C[C@@H](O)CO)(c1ccccc1)c1ccccc1. The minimum absolute atomic E-state index is 0.141. The maximum atomic E-state index is 13.7. The smallest absolute Gasteiger partial charge is 0.261 e. The van der Waals surface area contributed by atoms with Gasteiger partial charge in [0.15, 0.2) is 11.6 Å². The second kappa shape index (κ2) is 13.2. The summed E-state index contributed by atoms with van der Waals surface area (Å²) in [6.07, 6.45) is -0.0649. The fourth-order valence-electron chi connectivity index (χ4n) is 4.65. The maximum Gasteiger partial charge on any atom is 0.261 e. The molecule has 3 aromatic rings. The van der Waals surface area contributed by atoms with E-state index in [1.165, 1.54) is 12.1 Å². The molecule has 0 radical (unpaired) electrons. The van der Waals surface area contributed by atoms with Crippen molar-refractivity contribution >= 4 is 18.7 Å². The second-order valence-electron chi connectivity index (χ2n) is 10.4. The fraction of sp³-hybridized carbons (Fsp3) is 0.323. The van der Waals surface area contributed by atoms with E-state index in [0.29, 0.717) is 11.1 Å². The maximum absolute atomic E-state index is 13.7. The van der Waals surface area contributed by atoms with Crippen molar-refractivity contribution in [2.45, 2.75) is 50.9 Å². The third kappa shape index (κ3) is 7.08. The Balaban J connectivity index is 1.96. The molecule has 0 bridgehead atoms. The summed E-state index contributed by atoms with van der Waals surface area (Å²) < 4.78 is 20.6. The van der Waals surface area contributed by atoms with Gasteiger partial charge in [0.05, 0.1) is 25.4 Å². The van der Waals surface area contributed by atoms with Crippen LogP contribution in [0.25, 0.3) is 0 Å². The van der Waals surface area contributed by atoms with Crippen molar-refractivity contribution in [1.29, 1.82) is 0 Å². The number of halogens is 1. The highest BCUT2D eigenvalue weighted by Gasteiger charge is 2.50. The molecule has 0 unspecified atom stereocenters. The molecule has 0 aliphatic rings. The predicted molar refractivity (Wildman–Crippen MR) is 151 cm³/mol. The van der Waals surface area contributed by atoms with E-state index in [2.05, 4.69) is 50.8 Å². The molecule has 0 aliphatic heterocycles. The average molecular weight is 537 g/mol. The number of benzene rings is 3. The lowest BCUT2D eigenvalue weighted by Gasteiger charge is -2.43. The Morgan fingerprint density at radius 3 is 2.05 bits per heavy atom. The zero-order chi connectivity index (χ0) is 27.8. The molecule has 0 amide bonds. The first-order valence-electron chi connectivity index (χ1n) is 12.7. The molecule has 0 saturated carbocycles. The Hall–Kier alpha value is -3.03. The Bertz CT molecular complexity index is 1190. The van der Waals surface area contributed by atoms with Gasteiger partial charge in [-0.05, 0) is 44.8 Å². The standard InChI is InChI=1S/C31H37FO5Si/c1-31(2,3)38(26-12-6-4-7-13-26,27-14-8-5-9-15-27)37-22-23(19-25(34)21-33)11-10-16-29(35)24-17-18-30(36)28(32)20-24/h4-10,12-15,17-18,20,25,29,33-36H,16,19,21-22H2,1-3H3/t11?,25-,29-/m1/s1. The third-order valence-electron chi connectivity index (χ3n) is 6.58. The first-order chi connectivity index (χ1) is 18.1. The van der Waals surface area contributed by atoms with Crippen LogP contribution in [0.3, 0.4) is 0 Å². The summed E-state index contributed by atoms with van der Waals surface area (Å²) in [4.78, 5) is 0. The molecule has 0 heterocycles. The first-order valence-corrected chi connectivity index (χ1v) is 14.6. The Morgan fingerprint density at radius 2 is 1.55 bits per heavy atom. The molecule has 0 fully saturated rings. The minimum Gasteiger partial charge on any atom is -0.505 e. The van der Waals surface area contributed by atoms with Crippen LogP contribution in [-0.4, -0.2) is 48.1 Å². The number of hydrogen-bond donors (Lipinski definition) is 4. The van der Waals surface area contributed by atoms with Crippen molar-refractivity contribution in [2.24, 2.45) is 0 Å². The van der Waals surface area contributed by atoms with Crippen molar-refractivity contribution in [3.63, 3.8) is 0 Å². The van der Waals surface area contributed by atoms with Gasteiger partial charge in [0.2, 0.25) is 0 Å². The normalized spacial score (nSPS) is 13.4. The lowest BCUT2D eigenvalue weighted by molar-refractivity contribution is 0.0933. The first kappa shape index (κ1) is 29.5. The van der Waals surface area contributed by atoms with Gasteiger partial charge in [0, 0.05) is 12.8 Å². The van der Waals surface area contributed by atoms with Crippen LogP contribution in [0.2, 0.25) is 5.04 Å². The zero-order valence-corrected chi connectivity index (χ0v) is 23.1. The summed E-state index contributed by atoms with van der Waals surface area (Å²) in [5.41, 5.74) is 4.13. The van der Waals surface area contributed by atoms with Crippen LogP contribution in [0.15, 0.2) is 96.2 Å². The summed E-state index contributed by atoms with van der Waals surface area (Å²) >= 11 is 0. The number of hydrogen-bond acceptors (Lipinski definition) is 5. The summed E-state index contributed by atoms with van der Waals surface area (Å²) in [7, 11) is -2.83. The highest BCUT2D eigenvalue weighted by atomic mass is 28.4. The van der Waals surface area contributed by atoms with E-state index in [1.54, 1.807) is 6.08 Å². The van der Waals surface area contributed by atoms with Crippen molar-refractivity contribution in [1.82, 2.24) is 0 Å². The second-order valence-corrected chi connectivity index (χ2v) is 14.7. The zero-order valence-electron chi connectivity index (χ0n) is 22.1. The minimum atomic E-state index is -2.83. The Labute approximate surface area is 225 Å². The van der Waals surface area contributed by atoms with Gasteiger partial charge in [-0.25, -0.2) is 4.39 Å². The predicted octanol–water partition coefficient (Wildman–Crippen LogP) is 4.36. The monoisotopic (exact) mass is 536 g/mol. The number of aliphatic hydroxyl groups excluding tert-OH is 3. The highest BCUT2D eigenvalue weighted by Crippen LogP contribution is 2.37. The molecule has 4 N–H and O–H groups in total.